The maximum atomic E-state index is 12.8. The number of hydrogen-bond donors (Lipinski definition) is 1. The summed E-state index contributed by atoms with van der Waals surface area (Å²) in [5.41, 5.74) is 1.18. The zero-order chi connectivity index (χ0) is 14.1. The Morgan fingerprint density at radius 1 is 1.48 bits per heavy atom. The van der Waals surface area contributed by atoms with E-state index < -0.39 is 0 Å². The van der Waals surface area contributed by atoms with Gasteiger partial charge in [0.05, 0.1) is 12.1 Å². The van der Waals surface area contributed by atoms with Crippen LogP contribution < -0.4 is 5.32 Å². The minimum absolute atomic E-state index is 0. The van der Waals surface area contributed by atoms with Crippen LogP contribution in [0.1, 0.15) is 18.4 Å². The SMILES string of the molecule is CC1CN(C(=O)[C@H]2CNC[C@@H]2c2cnn(C)c2)CCS1.Cl. The number of halogens is 1. The number of rotatable bonds is 2. The molecule has 21 heavy (non-hydrogen) atoms. The van der Waals surface area contributed by atoms with Crippen molar-refractivity contribution in [2.24, 2.45) is 13.0 Å². The second kappa shape index (κ2) is 7.03. The van der Waals surface area contributed by atoms with Gasteiger partial charge in [-0.15, -0.1) is 12.4 Å². The van der Waals surface area contributed by atoms with E-state index in [0.29, 0.717) is 11.2 Å². The highest BCUT2D eigenvalue weighted by atomic mass is 35.5. The predicted octanol–water partition coefficient (Wildman–Crippen LogP) is 1.11. The largest absolute Gasteiger partial charge is 0.340 e. The molecule has 2 aliphatic heterocycles. The molecule has 0 radical (unpaired) electrons. The van der Waals surface area contributed by atoms with E-state index in [1.807, 2.05) is 35.9 Å². The number of aryl methyl sites for hydroxylation is 1. The van der Waals surface area contributed by atoms with Crippen LogP contribution in [-0.4, -0.2) is 57.8 Å². The van der Waals surface area contributed by atoms with Crippen molar-refractivity contribution in [1.29, 1.82) is 0 Å². The normalized spacial score (nSPS) is 29.2. The van der Waals surface area contributed by atoms with Crippen LogP contribution in [0.2, 0.25) is 0 Å². The maximum Gasteiger partial charge on any atom is 0.227 e. The van der Waals surface area contributed by atoms with E-state index in [0.717, 1.165) is 31.9 Å². The number of amides is 1. The first-order valence-corrected chi connectivity index (χ1v) is 8.29. The number of nitrogens with zero attached hydrogens (tertiary/aromatic N) is 3. The number of aromatic nitrogens is 2. The third-order valence-electron chi connectivity index (χ3n) is 4.24. The van der Waals surface area contributed by atoms with Crippen molar-refractivity contribution >= 4 is 30.1 Å². The van der Waals surface area contributed by atoms with Crippen LogP contribution >= 0.6 is 24.2 Å². The van der Waals surface area contributed by atoms with Gasteiger partial charge in [-0.1, -0.05) is 6.92 Å². The lowest BCUT2D eigenvalue weighted by molar-refractivity contribution is -0.135. The van der Waals surface area contributed by atoms with Crippen LogP contribution in [0, 0.1) is 5.92 Å². The number of nitrogens with one attached hydrogen (secondary N) is 1. The van der Waals surface area contributed by atoms with Crippen LogP contribution in [0.5, 0.6) is 0 Å². The minimum Gasteiger partial charge on any atom is -0.340 e. The van der Waals surface area contributed by atoms with Crippen molar-refractivity contribution in [2.75, 3.05) is 31.9 Å². The molecule has 0 bridgehead atoms. The molecule has 0 spiro atoms. The fraction of sp³-hybridized carbons (Fsp3) is 0.714. The number of carbonyl (C=O) groups excluding carboxylic acids is 1. The molecule has 5 nitrogen and oxygen atoms in total. The Bertz CT molecular complexity index is 495. The summed E-state index contributed by atoms with van der Waals surface area (Å²) in [7, 11) is 1.92. The molecule has 7 heteroatoms. The highest BCUT2D eigenvalue weighted by molar-refractivity contribution is 7.99. The minimum atomic E-state index is 0. The van der Waals surface area contributed by atoms with Gasteiger partial charge in [0.25, 0.3) is 0 Å². The van der Waals surface area contributed by atoms with Gasteiger partial charge in [-0.2, -0.15) is 16.9 Å². The highest BCUT2D eigenvalue weighted by Gasteiger charge is 2.37. The second-order valence-corrected chi connectivity index (χ2v) is 7.33. The third-order valence-corrected chi connectivity index (χ3v) is 5.37. The monoisotopic (exact) mass is 330 g/mol. The Morgan fingerprint density at radius 2 is 2.29 bits per heavy atom. The molecule has 0 saturated carbocycles. The molecule has 0 aliphatic carbocycles. The van der Waals surface area contributed by atoms with Crippen molar-refractivity contribution in [3.05, 3.63) is 18.0 Å². The standard InChI is InChI=1S/C14H22N4OS.ClH/c1-10-8-18(3-4-20-10)14(19)13-7-15-6-12(13)11-5-16-17(2)9-11;/h5,9-10,12-13,15H,3-4,6-8H2,1-2H3;1H/t10?,12-,13+;/m1./s1. The van der Waals surface area contributed by atoms with E-state index in [1.54, 1.807) is 0 Å². The molecule has 2 fully saturated rings. The molecule has 1 amide bonds. The molecule has 3 heterocycles. The van der Waals surface area contributed by atoms with E-state index in [-0.39, 0.29) is 24.2 Å². The average Bonchev–Trinajstić information content (AvgIpc) is 3.06. The van der Waals surface area contributed by atoms with Crippen LogP contribution in [0.25, 0.3) is 0 Å². The maximum absolute atomic E-state index is 12.8. The van der Waals surface area contributed by atoms with Gasteiger partial charge in [-0.25, -0.2) is 0 Å². The van der Waals surface area contributed by atoms with Crippen molar-refractivity contribution in [2.45, 2.75) is 18.1 Å². The molecule has 1 N–H and O–H groups in total. The summed E-state index contributed by atoms with van der Waals surface area (Å²) in [5, 5.41) is 8.17. The van der Waals surface area contributed by atoms with Crippen molar-refractivity contribution in [3.63, 3.8) is 0 Å². The van der Waals surface area contributed by atoms with Gasteiger partial charge in [0.2, 0.25) is 5.91 Å². The van der Waals surface area contributed by atoms with Gasteiger partial charge in [-0.3, -0.25) is 9.48 Å². The Morgan fingerprint density at radius 3 is 2.95 bits per heavy atom. The average molecular weight is 331 g/mol. The van der Waals surface area contributed by atoms with Gasteiger partial charge in [0, 0.05) is 56.3 Å². The molecule has 3 atom stereocenters. The molecule has 118 valence electrons. The lowest BCUT2D eigenvalue weighted by Crippen LogP contribution is -2.45. The first kappa shape index (κ1) is 16.6. The van der Waals surface area contributed by atoms with Gasteiger partial charge in [0.15, 0.2) is 0 Å². The van der Waals surface area contributed by atoms with E-state index >= 15 is 0 Å². The predicted molar refractivity (Wildman–Crippen MR) is 88.1 cm³/mol. The second-order valence-electron chi connectivity index (χ2n) is 5.78. The van der Waals surface area contributed by atoms with E-state index in [4.69, 9.17) is 0 Å². The summed E-state index contributed by atoms with van der Waals surface area (Å²) < 4.78 is 1.81. The smallest absolute Gasteiger partial charge is 0.227 e. The number of thioether (sulfide) groups is 1. The summed E-state index contributed by atoms with van der Waals surface area (Å²) in [6.45, 7) is 5.65. The Hall–Kier alpha value is -0.720. The van der Waals surface area contributed by atoms with Gasteiger partial charge in [-0.05, 0) is 5.56 Å². The fourth-order valence-corrected chi connectivity index (χ4v) is 4.19. The van der Waals surface area contributed by atoms with Gasteiger partial charge in [0.1, 0.15) is 0 Å². The van der Waals surface area contributed by atoms with Crippen LogP contribution in [-0.2, 0) is 11.8 Å². The van der Waals surface area contributed by atoms with E-state index in [9.17, 15) is 4.79 Å². The van der Waals surface area contributed by atoms with Crippen molar-refractivity contribution < 1.29 is 4.79 Å². The molecule has 1 aromatic rings. The van der Waals surface area contributed by atoms with Crippen molar-refractivity contribution in [3.8, 4) is 0 Å². The van der Waals surface area contributed by atoms with Gasteiger partial charge < -0.3 is 10.2 Å². The molecule has 2 saturated heterocycles. The molecule has 1 aromatic heterocycles. The topological polar surface area (TPSA) is 50.2 Å². The summed E-state index contributed by atoms with van der Waals surface area (Å²) in [6.07, 6.45) is 3.93. The molecule has 1 unspecified atom stereocenters. The van der Waals surface area contributed by atoms with Crippen molar-refractivity contribution in [1.82, 2.24) is 20.0 Å². The zero-order valence-corrected chi connectivity index (χ0v) is 14.1. The Balaban J connectivity index is 0.00000161. The molecule has 2 aliphatic rings. The summed E-state index contributed by atoms with van der Waals surface area (Å²) in [6, 6.07) is 0. The van der Waals surface area contributed by atoms with E-state index in [1.165, 1.54) is 5.56 Å². The number of hydrogen-bond acceptors (Lipinski definition) is 4. The molecular formula is C14H23ClN4OS. The van der Waals surface area contributed by atoms with Crippen LogP contribution in [0.4, 0.5) is 0 Å². The lowest BCUT2D eigenvalue weighted by Gasteiger charge is -2.33. The van der Waals surface area contributed by atoms with E-state index in [2.05, 4.69) is 22.2 Å². The van der Waals surface area contributed by atoms with Crippen LogP contribution in [0.15, 0.2) is 12.4 Å². The highest BCUT2D eigenvalue weighted by Crippen LogP contribution is 2.30. The molecule has 3 rings (SSSR count). The molecular weight excluding hydrogens is 308 g/mol. The fourth-order valence-electron chi connectivity index (χ4n) is 3.17. The number of carbonyl (C=O) groups is 1. The van der Waals surface area contributed by atoms with Gasteiger partial charge >= 0.3 is 0 Å². The Labute approximate surface area is 136 Å². The quantitative estimate of drug-likeness (QED) is 0.882. The lowest BCUT2D eigenvalue weighted by atomic mass is 9.89. The zero-order valence-electron chi connectivity index (χ0n) is 12.5. The first-order valence-electron chi connectivity index (χ1n) is 7.25. The third kappa shape index (κ3) is 3.55. The summed E-state index contributed by atoms with van der Waals surface area (Å²) >= 11 is 1.96. The molecule has 0 aromatic carbocycles. The Kier molecular flexibility index (Phi) is 5.57. The first-order chi connectivity index (χ1) is 9.65. The van der Waals surface area contributed by atoms with Crippen LogP contribution in [0.3, 0.4) is 0 Å². The summed E-state index contributed by atoms with van der Waals surface area (Å²) in [5.74, 6) is 1.71. The summed E-state index contributed by atoms with van der Waals surface area (Å²) in [4.78, 5) is 14.8.